The van der Waals surface area contributed by atoms with Crippen LogP contribution in [0.2, 0.25) is 0 Å². The minimum absolute atomic E-state index is 0.541. The van der Waals surface area contributed by atoms with Gasteiger partial charge < -0.3 is 4.42 Å². The summed E-state index contributed by atoms with van der Waals surface area (Å²) in [6.07, 6.45) is 4.97. The van der Waals surface area contributed by atoms with Crippen LogP contribution in [0.3, 0.4) is 0 Å². The van der Waals surface area contributed by atoms with E-state index in [0.717, 1.165) is 27.8 Å². The van der Waals surface area contributed by atoms with Crippen LogP contribution in [0, 0.1) is 0 Å². The third kappa shape index (κ3) is 2.40. The quantitative estimate of drug-likeness (QED) is 0.462. The number of benzene rings is 1. The van der Waals surface area contributed by atoms with Gasteiger partial charge in [-0.15, -0.1) is 0 Å². The molecule has 0 radical (unpaired) electrons. The van der Waals surface area contributed by atoms with Gasteiger partial charge in [0.05, 0.1) is 5.71 Å². The number of furan rings is 1. The third-order valence-electron chi connectivity index (χ3n) is 3.59. The Kier molecular flexibility index (Phi) is 3.20. The highest BCUT2D eigenvalue weighted by Gasteiger charge is 2.12. The SMILES string of the molecule is C/C(=N/Nc1ncnc2c1oc1ccccc12)c1ccncc1. The number of fused-ring (bicyclic) bond motifs is 3. The molecule has 4 aromatic rings. The molecule has 1 N–H and O–H groups in total. The van der Waals surface area contributed by atoms with Gasteiger partial charge in [0.15, 0.2) is 11.4 Å². The van der Waals surface area contributed by atoms with E-state index in [-0.39, 0.29) is 0 Å². The average molecular weight is 303 g/mol. The summed E-state index contributed by atoms with van der Waals surface area (Å²) in [5.41, 5.74) is 6.94. The van der Waals surface area contributed by atoms with Crippen molar-refractivity contribution in [3.05, 3.63) is 60.7 Å². The maximum Gasteiger partial charge on any atom is 0.197 e. The lowest BCUT2D eigenvalue weighted by molar-refractivity contribution is 0.667. The van der Waals surface area contributed by atoms with Crippen LogP contribution in [0.15, 0.2) is 64.6 Å². The number of para-hydroxylation sites is 1. The van der Waals surface area contributed by atoms with Gasteiger partial charge in [-0.1, -0.05) is 12.1 Å². The molecule has 6 heteroatoms. The lowest BCUT2D eigenvalue weighted by Crippen LogP contribution is -2.01. The highest BCUT2D eigenvalue weighted by Crippen LogP contribution is 2.30. The van der Waals surface area contributed by atoms with Crippen LogP contribution >= 0.6 is 0 Å². The van der Waals surface area contributed by atoms with Crippen molar-refractivity contribution < 1.29 is 4.42 Å². The van der Waals surface area contributed by atoms with E-state index in [0.29, 0.717) is 11.4 Å². The van der Waals surface area contributed by atoms with Crippen molar-refractivity contribution in [2.75, 3.05) is 5.43 Å². The van der Waals surface area contributed by atoms with E-state index in [1.54, 1.807) is 12.4 Å². The molecule has 3 heterocycles. The van der Waals surface area contributed by atoms with Crippen molar-refractivity contribution in [1.29, 1.82) is 0 Å². The number of hydrazone groups is 1. The molecule has 0 spiro atoms. The largest absolute Gasteiger partial charge is 0.450 e. The smallest absolute Gasteiger partial charge is 0.197 e. The molecule has 1 aromatic carbocycles. The second-order valence-corrected chi connectivity index (χ2v) is 5.04. The Labute approximate surface area is 131 Å². The van der Waals surface area contributed by atoms with E-state index < -0.39 is 0 Å². The van der Waals surface area contributed by atoms with Crippen molar-refractivity contribution in [2.45, 2.75) is 6.92 Å². The predicted molar refractivity (Wildman–Crippen MR) is 89.4 cm³/mol. The summed E-state index contributed by atoms with van der Waals surface area (Å²) in [6, 6.07) is 11.6. The van der Waals surface area contributed by atoms with E-state index in [4.69, 9.17) is 4.42 Å². The zero-order chi connectivity index (χ0) is 15.6. The summed E-state index contributed by atoms with van der Waals surface area (Å²) < 4.78 is 5.85. The van der Waals surface area contributed by atoms with E-state index in [2.05, 4.69) is 25.5 Å². The maximum absolute atomic E-state index is 5.85. The number of hydrogen-bond donors (Lipinski definition) is 1. The zero-order valence-corrected chi connectivity index (χ0v) is 12.4. The number of aromatic nitrogens is 3. The molecule has 0 bridgehead atoms. The summed E-state index contributed by atoms with van der Waals surface area (Å²) >= 11 is 0. The molecule has 0 aliphatic heterocycles. The summed E-state index contributed by atoms with van der Waals surface area (Å²) in [5.74, 6) is 0.541. The van der Waals surface area contributed by atoms with Gasteiger partial charge in [0, 0.05) is 23.3 Å². The van der Waals surface area contributed by atoms with Crippen LogP contribution in [0.5, 0.6) is 0 Å². The lowest BCUT2D eigenvalue weighted by atomic mass is 10.2. The Morgan fingerprint density at radius 3 is 2.78 bits per heavy atom. The van der Waals surface area contributed by atoms with E-state index in [1.165, 1.54) is 6.33 Å². The van der Waals surface area contributed by atoms with Gasteiger partial charge in [0.2, 0.25) is 0 Å². The van der Waals surface area contributed by atoms with Gasteiger partial charge in [0.25, 0.3) is 0 Å². The monoisotopic (exact) mass is 303 g/mol. The summed E-state index contributed by atoms with van der Waals surface area (Å²) in [5, 5.41) is 5.33. The van der Waals surface area contributed by atoms with Crippen LogP contribution in [0.25, 0.3) is 22.1 Å². The number of nitrogens with zero attached hydrogens (tertiary/aromatic N) is 4. The van der Waals surface area contributed by atoms with Crippen molar-refractivity contribution in [3.63, 3.8) is 0 Å². The molecular weight excluding hydrogens is 290 g/mol. The Bertz CT molecular complexity index is 1010. The van der Waals surface area contributed by atoms with Gasteiger partial charge in [-0.2, -0.15) is 5.10 Å². The topological polar surface area (TPSA) is 76.2 Å². The summed E-state index contributed by atoms with van der Waals surface area (Å²) in [6.45, 7) is 1.92. The number of nitrogens with one attached hydrogen (secondary N) is 1. The van der Waals surface area contributed by atoms with Gasteiger partial charge in [-0.05, 0) is 31.2 Å². The molecule has 0 fully saturated rings. The lowest BCUT2D eigenvalue weighted by Gasteiger charge is -2.02. The standard InChI is InChI=1S/C17H13N5O/c1-11(12-6-8-18-9-7-12)21-22-17-16-15(19-10-20-17)13-4-2-3-5-14(13)23-16/h2-10H,1H3,(H,19,20,22)/b21-11-. The normalized spacial score (nSPS) is 12.0. The third-order valence-corrected chi connectivity index (χ3v) is 3.59. The molecule has 3 aromatic heterocycles. The molecule has 0 atom stereocenters. The first-order valence-electron chi connectivity index (χ1n) is 7.16. The first kappa shape index (κ1) is 13.4. The van der Waals surface area contributed by atoms with E-state index in [9.17, 15) is 0 Å². The molecule has 0 saturated heterocycles. The fourth-order valence-electron chi connectivity index (χ4n) is 2.40. The second-order valence-electron chi connectivity index (χ2n) is 5.04. The number of pyridine rings is 1. The van der Waals surface area contributed by atoms with E-state index in [1.807, 2.05) is 43.3 Å². The Morgan fingerprint density at radius 2 is 1.91 bits per heavy atom. The predicted octanol–water partition coefficient (Wildman–Crippen LogP) is 3.61. The molecule has 4 rings (SSSR count). The van der Waals surface area contributed by atoms with Crippen molar-refractivity contribution in [2.24, 2.45) is 5.10 Å². The maximum atomic E-state index is 5.85. The molecule has 0 amide bonds. The fraction of sp³-hybridized carbons (Fsp3) is 0.0588. The van der Waals surface area contributed by atoms with Crippen LogP contribution in [-0.4, -0.2) is 20.7 Å². The molecule has 0 unspecified atom stereocenters. The number of rotatable bonds is 3. The molecule has 0 aliphatic rings. The molecule has 0 aliphatic carbocycles. The highest BCUT2D eigenvalue weighted by molar-refractivity contribution is 6.05. The van der Waals surface area contributed by atoms with Gasteiger partial charge >= 0.3 is 0 Å². The van der Waals surface area contributed by atoms with Gasteiger partial charge in [0.1, 0.15) is 17.4 Å². The molecule has 0 saturated carbocycles. The minimum atomic E-state index is 0.541. The average Bonchev–Trinajstić information content (AvgIpc) is 3.00. The second kappa shape index (κ2) is 5.49. The Morgan fingerprint density at radius 1 is 1.09 bits per heavy atom. The van der Waals surface area contributed by atoms with Gasteiger partial charge in [-0.25, -0.2) is 9.97 Å². The van der Waals surface area contributed by atoms with Crippen LogP contribution < -0.4 is 5.43 Å². The van der Waals surface area contributed by atoms with Crippen LogP contribution in [-0.2, 0) is 0 Å². The first-order valence-corrected chi connectivity index (χ1v) is 7.16. The number of anilines is 1. The minimum Gasteiger partial charge on any atom is -0.450 e. The zero-order valence-electron chi connectivity index (χ0n) is 12.4. The molecular formula is C17H13N5O. The van der Waals surface area contributed by atoms with Gasteiger partial charge in [-0.3, -0.25) is 10.4 Å². The van der Waals surface area contributed by atoms with E-state index >= 15 is 0 Å². The van der Waals surface area contributed by atoms with Crippen LogP contribution in [0.1, 0.15) is 12.5 Å². The molecule has 6 nitrogen and oxygen atoms in total. The fourth-order valence-corrected chi connectivity index (χ4v) is 2.40. The van der Waals surface area contributed by atoms with Crippen molar-refractivity contribution in [3.8, 4) is 0 Å². The Hall–Kier alpha value is -3.28. The molecule has 23 heavy (non-hydrogen) atoms. The van der Waals surface area contributed by atoms with Crippen LogP contribution in [0.4, 0.5) is 5.82 Å². The first-order chi connectivity index (χ1) is 11.3. The Balaban J connectivity index is 1.75. The van der Waals surface area contributed by atoms with Crippen molar-refractivity contribution in [1.82, 2.24) is 15.0 Å². The summed E-state index contributed by atoms with van der Waals surface area (Å²) in [4.78, 5) is 12.5. The van der Waals surface area contributed by atoms with Crippen molar-refractivity contribution >= 4 is 33.6 Å². The molecule has 112 valence electrons. The number of hydrogen-bond acceptors (Lipinski definition) is 6. The highest BCUT2D eigenvalue weighted by atomic mass is 16.3. The summed E-state index contributed by atoms with van der Waals surface area (Å²) in [7, 11) is 0.